The molecule has 0 heterocycles. The van der Waals surface area contributed by atoms with Crippen molar-refractivity contribution in [3.8, 4) is 0 Å². The lowest BCUT2D eigenvalue weighted by molar-refractivity contribution is -0.385. The third-order valence-corrected chi connectivity index (χ3v) is 4.35. The van der Waals surface area contributed by atoms with Crippen molar-refractivity contribution in [2.45, 2.75) is 52.0 Å². The number of amides is 1. The van der Waals surface area contributed by atoms with E-state index in [4.69, 9.17) is 0 Å². The van der Waals surface area contributed by atoms with Crippen LogP contribution in [0.5, 0.6) is 0 Å². The predicted octanol–water partition coefficient (Wildman–Crippen LogP) is 3.70. The van der Waals surface area contributed by atoms with Crippen LogP contribution in [0.4, 0.5) is 5.69 Å². The molecule has 0 saturated heterocycles. The van der Waals surface area contributed by atoms with Crippen LogP contribution in [0, 0.1) is 17.0 Å². The Hall–Kier alpha value is -1.91. The lowest BCUT2D eigenvalue weighted by Crippen LogP contribution is -2.41. The molecular formula is C16H22N2O3. The Morgan fingerprint density at radius 2 is 2.00 bits per heavy atom. The van der Waals surface area contributed by atoms with Gasteiger partial charge in [-0.15, -0.1) is 0 Å². The zero-order chi connectivity index (χ0) is 15.4. The monoisotopic (exact) mass is 290 g/mol. The van der Waals surface area contributed by atoms with Crippen LogP contribution in [0.2, 0.25) is 0 Å². The van der Waals surface area contributed by atoms with Gasteiger partial charge in [-0.05, 0) is 32.8 Å². The maximum Gasteiger partial charge on any atom is 0.273 e. The molecule has 5 nitrogen and oxygen atoms in total. The molecule has 5 heteroatoms. The van der Waals surface area contributed by atoms with E-state index >= 15 is 0 Å². The first-order valence-corrected chi connectivity index (χ1v) is 7.61. The van der Waals surface area contributed by atoms with Gasteiger partial charge in [0.2, 0.25) is 0 Å². The number of carbonyl (C=O) groups excluding carboxylic acids is 1. The van der Waals surface area contributed by atoms with Crippen LogP contribution in [0.3, 0.4) is 0 Å². The fourth-order valence-corrected chi connectivity index (χ4v) is 3.17. The molecule has 0 bridgehead atoms. The molecule has 1 aromatic rings. The number of hydrogen-bond acceptors (Lipinski definition) is 3. The molecule has 0 spiro atoms. The molecule has 0 unspecified atom stereocenters. The van der Waals surface area contributed by atoms with E-state index in [-0.39, 0.29) is 17.6 Å². The number of benzene rings is 1. The first kappa shape index (κ1) is 15.5. The zero-order valence-corrected chi connectivity index (χ0v) is 12.7. The van der Waals surface area contributed by atoms with Gasteiger partial charge >= 0.3 is 0 Å². The summed E-state index contributed by atoms with van der Waals surface area (Å²) in [5.41, 5.74) is 0.930. The van der Waals surface area contributed by atoms with E-state index in [1.165, 1.54) is 12.5 Å². The van der Waals surface area contributed by atoms with Gasteiger partial charge in [-0.3, -0.25) is 14.9 Å². The number of hydrogen-bond donors (Lipinski definition) is 0. The van der Waals surface area contributed by atoms with E-state index in [2.05, 4.69) is 0 Å². The molecule has 1 fully saturated rings. The summed E-state index contributed by atoms with van der Waals surface area (Å²) in [6.07, 6.45) is 5.62. The molecule has 114 valence electrons. The average molecular weight is 290 g/mol. The van der Waals surface area contributed by atoms with Crippen molar-refractivity contribution in [3.05, 3.63) is 39.4 Å². The van der Waals surface area contributed by atoms with Crippen molar-refractivity contribution in [1.29, 1.82) is 0 Å². The average Bonchev–Trinajstić information content (AvgIpc) is 2.49. The molecule has 0 atom stereocenters. The van der Waals surface area contributed by atoms with Crippen molar-refractivity contribution in [1.82, 2.24) is 4.90 Å². The summed E-state index contributed by atoms with van der Waals surface area (Å²) in [6.45, 7) is 4.27. The number of nitro groups is 1. The predicted molar refractivity (Wildman–Crippen MR) is 81.4 cm³/mol. The van der Waals surface area contributed by atoms with Crippen LogP contribution in [-0.2, 0) is 0 Å². The van der Waals surface area contributed by atoms with E-state index < -0.39 is 4.92 Å². The maximum atomic E-state index is 12.8. The lowest BCUT2D eigenvalue weighted by Gasteiger charge is -2.34. The fraction of sp³-hybridized carbons (Fsp3) is 0.562. The Kier molecular flexibility index (Phi) is 4.94. The summed E-state index contributed by atoms with van der Waals surface area (Å²) < 4.78 is 0. The second-order valence-corrected chi connectivity index (χ2v) is 5.59. The second kappa shape index (κ2) is 6.70. The quantitative estimate of drug-likeness (QED) is 0.627. The third-order valence-electron chi connectivity index (χ3n) is 4.35. The Bertz CT molecular complexity index is 536. The highest BCUT2D eigenvalue weighted by molar-refractivity contribution is 5.96. The highest BCUT2D eigenvalue weighted by Gasteiger charge is 2.27. The Labute approximate surface area is 125 Å². The van der Waals surface area contributed by atoms with E-state index in [1.807, 2.05) is 11.8 Å². The highest BCUT2D eigenvalue weighted by Crippen LogP contribution is 2.27. The molecule has 21 heavy (non-hydrogen) atoms. The molecule has 1 aliphatic rings. The summed E-state index contributed by atoms with van der Waals surface area (Å²) in [6, 6.07) is 5.00. The number of carbonyl (C=O) groups is 1. The first-order chi connectivity index (χ1) is 10.1. The second-order valence-electron chi connectivity index (χ2n) is 5.59. The highest BCUT2D eigenvalue weighted by atomic mass is 16.6. The van der Waals surface area contributed by atoms with Gasteiger partial charge in [0, 0.05) is 29.8 Å². The number of rotatable bonds is 4. The van der Waals surface area contributed by atoms with Crippen LogP contribution >= 0.6 is 0 Å². The third kappa shape index (κ3) is 3.23. The minimum Gasteiger partial charge on any atom is -0.336 e. The van der Waals surface area contributed by atoms with E-state index in [0.717, 1.165) is 25.7 Å². The zero-order valence-electron chi connectivity index (χ0n) is 12.7. The fourth-order valence-electron chi connectivity index (χ4n) is 3.17. The smallest absolute Gasteiger partial charge is 0.273 e. The normalized spacial score (nSPS) is 15.7. The first-order valence-electron chi connectivity index (χ1n) is 7.61. The Morgan fingerprint density at radius 3 is 2.57 bits per heavy atom. The van der Waals surface area contributed by atoms with Crippen LogP contribution in [0.25, 0.3) is 0 Å². The Balaban J connectivity index is 2.29. The summed E-state index contributed by atoms with van der Waals surface area (Å²) in [7, 11) is 0. The van der Waals surface area contributed by atoms with E-state index in [1.54, 1.807) is 19.1 Å². The lowest BCUT2D eigenvalue weighted by atomic mass is 9.93. The van der Waals surface area contributed by atoms with Gasteiger partial charge in [-0.1, -0.05) is 25.3 Å². The van der Waals surface area contributed by atoms with Crippen LogP contribution < -0.4 is 0 Å². The largest absolute Gasteiger partial charge is 0.336 e. The molecular weight excluding hydrogens is 268 g/mol. The Morgan fingerprint density at radius 1 is 1.33 bits per heavy atom. The van der Waals surface area contributed by atoms with Gasteiger partial charge in [0.05, 0.1) is 4.92 Å². The summed E-state index contributed by atoms with van der Waals surface area (Å²) >= 11 is 0. The number of nitrogens with zero attached hydrogens (tertiary/aromatic N) is 2. The van der Waals surface area contributed by atoms with Crippen molar-refractivity contribution >= 4 is 11.6 Å². The van der Waals surface area contributed by atoms with Crippen molar-refractivity contribution in [2.24, 2.45) is 0 Å². The molecule has 1 saturated carbocycles. The summed E-state index contributed by atoms with van der Waals surface area (Å²) in [5, 5.41) is 11.0. The van der Waals surface area contributed by atoms with Gasteiger partial charge < -0.3 is 4.90 Å². The van der Waals surface area contributed by atoms with Crippen LogP contribution in [0.15, 0.2) is 18.2 Å². The molecule has 0 aromatic heterocycles. The van der Waals surface area contributed by atoms with Crippen molar-refractivity contribution in [3.63, 3.8) is 0 Å². The maximum absolute atomic E-state index is 12.8. The van der Waals surface area contributed by atoms with Gasteiger partial charge in [0.1, 0.15) is 0 Å². The molecule has 1 amide bonds. The minimum atomic E-state index is -0.428. The van der Waals surface area contributed by atoms with Crippen LogP contribution in [0.1, 0.15) is 54.9 Å². The standard InChI is InChI=1S/C16H22N2O3/c1-3-17(13-8-5-4-6-9-13)16(19)14-10-7-11-15(12(14)2)18(20)21/h7,10-11,13H,3-6,8-9H2,1-2H3. The van der Waals surface area contributed by atoms with Crippen molar-refractivity contribution < 1.29 is 9.72 Å². The number of nitro benzene ring substituents is 1. The van der Waals surface area contributed by atoms with Gasteiger partial charge in [-0.25, -0.2) is 0 Å². The topological polar surface area (TPSA) is 63.5 Å². The summed E-state index contributed by atoms with van der Waals surface area (Å²) in [5.74, 6) is -0.0781. The minimum absolute atomic E-state index is 0.0144. The molecule has 2 rings (SSSR count). The summed E-state index contributed by atoms with van der Waals surface area (Å²) in [4.78, 5) is 25.2. The van der Waals surface area contributed by atoms with Gasteiger partial charge in [0.15, 0.2) is 0 Å². The molecule has 1 aliphatic carbocycles. The van der Waals surface area contributed by atoms with Gasteiger partial charge in [-0.2, -0.15) is 0 Å². The molecule has 0 radical (unpaired) electrons. The van der Waals surface area contributed by atoms with Gasteiger partial charge in [0.25, 0.3) is 11.6 Å². The van der Waals surface area contributed by atoms with E-state index in [9.17, 15) is 14.9 Å². The van der Waals surface area contributed by atoms with Crippen LogP contribution in [-0.4, -0.2) is 28.3 Å². The molecule has 1 aromatic carbocycles. The van der Waals surface area contributed by atoms with Crippen molar-refractivity contribution in [2.75, 3.05) is 6.54 Å². The van der Waals surface area contributed by atoms with E-state index in [0.29, 0.717) is 17.7 Å². The molecule has 0 N–H and O–H groups in total. The SMILES string of the molecule is CCN(C(=O)c1cccc([N+](=O)[O-])c1C)C1CCCCC1. The molecule has 0 aliphatic heterocycles.